The van der Waals surface area contributed by atoms with Gasteiger partial charge >= 0.3 is 5.91 Å². The molecule has 1 amide bonds. The molecule has 25 heavy (non-hydrogen) atoms. The van der Waals surface area contributed by atoms with Gasteiger partial charge in [-0.3, -0.25) is 9.69 Å². The molecule has 0 radical (unpaired) electrons. The molecule has 1 unspecified atom stereocenters. The van der Waals surface area contributed by atoms with Crippen molar-refractivity contribution in [3.05, 3.63) is 46.6 Å². The van der Waals surface area contributed by atoms with Crippen molar-refractivity contribution in [1.82, 2.24) is 20.2 Å². The number of fused-ring (bicyclic) bond motifs is 2. The Morgan fingerprint density at radius 1 is 1.36 bits per heavy atom. The molecular formula is C18H20N4O2S. The standard InChI is InChI=1S/C18H20N4O2S/c1-11(12-3-4-16-14(9-12)20-10-25-16)22-7-5-13-15(6-8-22)24-18(21-13)17(23)19-2/h3-4,9-11H,5-8H2,1-2H3,(H,19,23). The average Bonchev–Trinajstić information content (AvgIpc) is 3.22. The average molecular weight is 356 g/mol. The van der Waals surface area contributed by atoms with Crippen LogP contribution in [0.1, 0.15) is 40.7 Å². The van der Waals surface area contributed by atoms with Crippen molar-refractivity contribution in [2.24, 2.45) is 0 Å². The van der Waals surface area contributed by atoms with E-state index in [0.29, 0.717) is 6.04 Å². The lowest BCUT2D eigenvalue weighted by atomic mass is 10.1. The summed E-state index contributed by atoms with van der Waals surface area (Å²) in [6, 6.07) is 6.82. The molecule has 1 aromatic carbocycles. The molecule has 1 N–H and O–H groups in total. The fourth-order valence-corrected chi connectivity index (χ4v) is 3.98. The van der Waals surface area contributed by atoms with Crippen LogP contribution in [0.2, 0.25) is 0 Å². The first kappa shape index (κ1) is 16.2. The van der Waals surface area contributed by atoms with Gasteiger partial charge in [0.1, 0.15) is 5.76 Å². The Kier molecular flexibility index (Phi) is 4.27. The molecule has 2 aromatic heterocycles. The molecule has 1 aliphatic rings. The summed E-state index contributed by atoms with van der Waals surface area (Å²) in [7, 11) is 1.58. The zero-order valence-corrected chi connectivity index (χ0v) is 15.1. The lowest BCUT2D eigenvalue weighted by molar-refractivity contribution is 0.0926. The molecule has 3 heterocycles. The number of aromatic nitrogens is 2. The number of nitrogens with zero attached hydrogens (tertiary/aromatic N) is 3. The van der Waals surface area contributed by atoms with E-state index in [1.54, 1.807) is 18.4 Å². The molecule has 130 valence electrons. The molecule has 0 fully saturated rings. The van der Waals surface area contributed by atoms with E-state index in [1.165, 1.54) is 10.3 Å². The van der Waals surface area contributed by atoms with Gasteiger partial charge in [-0.2, -0.15) is 0 Å². The molecule has 0 saturated heterocycles. The quantitative estimate of drug-likeness (QED) is 0.781. The number of oxazole rings is 1. The lowest BCUT2D eigenvalue weighted by Crippen LogP contribution is -2.29. The Morgan fingerprint density at radius 3 is 3.04 bits per heavy atom. The number of hydrogen-bond donors (Lipinski definition) is 1. The lowest BCUT2D eigenvalue weighted by Gasteiger charge is -2.27. The van der Waals surface area contributed by atoms with Gasteiger partial charge in [-0.05, 0) is 24.6 Å². The smallest absolute Gasteiger partial charge is 0.306 e. The Hall–Kier alpha value is -2.25. The second-order valence-corrected chi connectivity index (χ2v) is 7.15. The van der Waals surface area contributed by atoms with E-state index in [9.17, 15) is 4.79 Å². The summed E-state index contributed by atoms with van der Waals surface area (Å²) in [4.78, 5) is 22.9. The third-order valence-electron chi connectivity index (χ3n) is 4.85. The van der Waals surface area contributed by atoms with Crippen molar-refractivity contribution < 1.29 is 9.21 Å². The highest BCUT2D eigenvalue weighted by atomic mass is 32.1. The first-order valence-corrected chi connectivity index (χ1v) is 9.31. The van der Waals surface area contributed by atoms with Gasteiger partial charge in [-0.25, -0.2) is 9.97 Å². The zero-order chi connectivity index (χ0) is 17.4. The number of carbonyl (C=O) groups excluding carboxylic acids is 1. The van der Waals surface area contributed by atoms with Gasteiger partial charge < -0.3 is 9.73 Å². The van der Waals surface area contributed by atoms with Gasteiger partial charge in [0.2, 0.25) is 0 Å². The minimum Gasteiger partial charge on any atom is -0.437 e. The molecule has 1 aliphatic heterocycles. The van der Waals surface area contributed by atoms with E-state index in [-0.39, 0.29) is 11.8 Å². The number of thiazole rings is 1. The van der Waals surface area contributed by atoms with Gasteiger partial charge in [0.05, 0.1) is 21.4 Å². The van der Waals surface area contributed by atoms with Gasteiger partial charge in [-0.15, -0.1) is 11.3 Å². The number of nitrogens with one attached hydrogen (secondary N) is 1. The number of hydrogen-bond acceptors (Lipinski definition) is 6. The van der Waals surface area contributed by atoms with Crippen molar-refractivity contribution in [1.29, 1.82) is 0 Å². The predicted molar refractivity (Wildman–Crippen MR) is 96.9 cm³/mol. The van der Waals surface area contributed by atoms with Crippen LogP contribution in [0.4, 0.5) is 0 Å². The first-order valence-electron chi connectivity index (χ1n) is 8.43. The second kappa shape index (κ2) is 6.57. The molecule has 4 rings (SSSR count). The first-order chi connectivity index (χ1) is 12.2. The zero-order valence-electron chi connectivity index (χ0n) is 14.3. The molecule has 1 atom stereocenters. The summed E-state index contributed by atoms with van der Waals surface area (Å²) in [5.41, 5.74) is 5.13. The van der Waals surface area contributed by atoms with Crippen molar-refractivity contribution in [3.63, 3.8) is 0 Å². The summed E-state index contributed by atoms with van der Waals surface area (Å²) in [5.74, 6) is 0.737. The summed E-state index contributed by atoms with van der Waals surface area (Å²) in [6.45, 7) is 4.00. The monoisotopic (exact) mass is 356 g/mol. The Bertz CT molecular complexity index is 891. The van der Waals surface area contributed by atoms with Gasteiger partial charge in [0.15, 0.2) is 0 Å². The van der Waals surface area contributed by atoms with E-state index >= 15 is 0 Å². The largest absolute Gasteiger partial charge is 0.437 e. The maximum absolute atomic E-state index is 11.7. The molecule has 0 saturated carbocycles. The second-order valence-electron chi connectivity index (χ2n) is 6.26. The molecule has 6 nitrogen and oxygen atoms in total. The van der Waals surface area contributed by atoms with Crippen LogP contribution in [0.25, 0.3) is 10.2 Å². The van der Waals surface area contributed by atoms with Crippen molar-refractivity contribution in [3.8, 4) is 0 Å². The molecule has 0 aliphatic carbocycles. The fraction of sp³-hybridized carbons (Fsp3) is 0.389. The van der Waals surface area contributed by atoms with E-state index in [2.05, 4.69) is 45.3 Å². The third kappa shape index (κ3) is 3.05. The molecule has 0 spiro atoms. The Morgan fingerprint density at radius 2 is 2.20 bits per heavy atom. The van der Waals surface area contributed by atoms with Crippen LogP contribution in [0.15, 0.2) is 28.1 Å². The van der Waals surface area contributed by atoms with Crippen LogP contribution in [0.3, 0.4) is 0 Å². The predicted octanol–water partition coefficient (Wildman–Crippen LogP) is 2.81. The van der Waals surface area contributed by atoms with Crippen LogP contribution < -0.4 is 5.32 Å². The summed E-state index contributed by atoms with van der Waals surface area (Å²) in [5, 5.41) is 2.56. The van der Waals surface area contributed by atoms with Crippen molar-refractivity contribution >= 4 is 27.5 Å². The van der Waals surface area contributed by atoms with Crippen molar-refractivity contribution in [2.45, 2.75) is 25.8 Å². The summed E-state index contributed by atoms with van der Waals surface area (Å²) < 4.78 is 6.88. The fourth-order valence-electron chi connectivity index (χ4n) is 3.32. The van der Waals surface area contributed by atoms with Crippen LogP contribution in [-0.4, -0.2) is 40.9 Å². The number of carbonyl (C=O) groups is 1. The highest BCUT2D eigenvalue weighted by Crippen LogP contribution is 2.28. The molecule has 0 bridgehead atoms. The van der Waals surface area contributed by atoms with Crippen LogP contribution in [0, 0.1) is 0 Å². The van der Waals surface area contributed by atoms with Crippen molar-refractivity contribution in [2.75, 3.05) is 20.1 Å². The Labute approximate surface area is 149 Å². The van der Waals surface area contributed by atoms with Gasteiger partial charge in [-0.1, -0.05) is 6.07 Å². The Balaban J connectivity index is 1.50. The maximum Gasteiger partial charge on any atom is 0.306 e. The minimum absolute atomic E-state index is 0.169. The topological polar surface area (TPSA) is 71.3 Å². The third-order valence-corrected chi connectivity index (χ3v) is 5.66. The number of amides is 1. The number of rotatable bonds is 3. The van der Waals surface area contributed by atoms with Crippen LogP contribution in [-0.2, 0) is 12.8 Å². The highest BCUT2D eigenvalue weighted by molar-refractivity contribution is 7.16. The highest BCUT2D eigenvalue weighted by Gasteiger charge is 2.25. The van der Waals surface area contributed by atoms with E-state index < -0.39 is 0 Å². The van der Waals surface area contributed by atoms with E-state index in [4.69, 9.17) is 4.42 Å². The summed E-state index contributed by atoms with van der Waals surface area (Å²) >= 11 is 1.67. The molecule has 7 heteroatoms. The minimum atomic E-state index is -0.269. The SMILES string of the molecule is CNC(=O)c1nc2c(o1)CCN(C(C)c1ccc3scnc3c1)CC2. The number of benzene rings is 1. The molecular weight excluding hydrogens is 336 g/mol. The van der Waals surface area contributed by atoms with Crippen LogP contribution >= 0.6 is 11.3 Å². The van der Waals surface area contributed by atoms with E-state index in [1.807, 2.05) is 5.51 Å². The van der Waals surface area contributed by atoms with Gasteiger partial charge in [0, 0.05) is 39.0 Å². The normalized spacial score (nSPS) is 16.4. The van der Waals surface area contributed by atoms with Gasteiger partial charge in [0.25, 0.3) is 5.89 Å². The maximum atomic E-state index is 11.7. The van der Waals surface area contributed by atoms with E-state index in [0.717, 1.165) is 42.9 Å². The summed E-state index contributed by atoms with van der Waals surface area (Å²) in [6.07, 6.45) is 1.56. The molecule has 3 aromatic rings. The van der Waals surface area contributed by atoms with Crippen LogP contribution in [0.5, 0.6) is 0 Å².